The number of carbonyl (C=O) groups excluding carboxylic acids is 1. The molecule has 4 heteroatoms. The number of benzene rings is 1. The molecule has 1 saturated heterocycles. The Morgan fingerprint density at radius 1 is 1.44 bits per heavy atom. The third-order valence-corrected chi connectivity index (χ3v) is 2.69. The van der Waals surface area contributed by atoms with Crippen LogP contribution in [0.4, 0.5) is 0 Å². The van der Waals surface area contributed by atoms with Gasteiger partial charge in [-0.3, -0.25) is 4.79 Å². The second kappa shape index (κ2) is 4.63. The predicted molar refractivity (Wildman–Crippen MR) is 58.6 cm³/mol. The minimum Gasteiger partial charge on any atom is -0.391 e. The lowest BCUT2D eigenvalue weighted by Crippen LogP contribution is -2.67. The van der Waals surface area contributed by atoms with Crippen LogP contribution in [0.1, 0.15) is 12.5 Å². The molecule has 16 heavy (non-hydrogen) atoms. The molecule has 1 amide bonds. The zero-order chi connectivity index (χ0) is 11.5. The third kappa shape index (κ3) is 2.23. The highest BCUT2D eigenvalue weighted by atomic mass is 16.5. The van der Waals surface area contributed by atoms with Gasteiger partial charge in [0.25, 0.3) is 5.91 Å². The molecule has 1 heterocycles. The van der Waals surface area contributed by atoms with Crippen molar-refractivity contribution in [2.45, 2.75) is 31.8 Å². The predicted octanol–water partition coefficient (Wildman–Crippen LogP) is 0.451. The lowest BCUT2D eigenvalue weighted by atomic mass is 9.97. The van der Waals surface area contributed by atoms with Crippen molar-refractivity contribution in [2.24, 2.45) is 0 Å². The van der Waals surface area contributed by atoms with E-state index in [-0.39, 0.29) is 11.9 Å². The second-order valence-corrected chi connectivity index (χ2v) is 3.99. The Morgan fingerprint density at radius 3 is 2.69 bits per heavy atom. The van der Waals surface area contributed by atoms with Gasteiger partial charge in [0.15, 0.2) is 6.10 Å². The largest absolute Gasteiger partial charge is 0.391 e. The normalized spacial score (nSPS) is 25.8. The number of aliphatic hydroxyl groups excluding tert-OH is 1. The Kier molecular flexibility index (Phi) is 3.22. The summed E-state index contributed by atoms with van der Waals surface area (Å²) in [7, 11) is 0. The Labute approximate surface area is 94.2 Å². The SMILES string of the molecule is CC(O)[C@@H]1NC(=O)[C@@H]1OCc1ccccc1. The zero-order valence-electron chi connectivity index (χ0n) is 9.09. The maximum absolute atomic E-state index is 11.2. The fourth-order valence-corrected chi connectivity index (χ4v) is 1.70. The van der Waals surface area contributed by atoms with Gasteiger partial charge in [0.2, 0.25) is 0 Å². The van der Waals surface area contributed by atoms with Gasteiger partial charge in [-0.25, -0.2) is 0 Å². The topological polar surface area (TPSA) is 58.6 Å². The lowest BCUT2D eigenvalue weighted by Gasteiger charge is -2.38. The van der Waals surface area contributed by atoms with Crippen molar-refractivity contribution in [1.82, 2.24) is 5.32 Å². The molecule has 0 spiro atoms. The van der Waals surface area contributed by atoms with Crippen molar-refractivity contribution in [3.05, 3.63) is 35.9 Å². The molecule has 86 valence electrons. The third-order valence-electron chi connectivity index (χ3n) is 2.69. The van der Waals surface area contributed by atoms with E-state index in [4.69, 9.17) is 4.74 Å². The van der Waals surface area contributed by atoms with Crippen LogP contribution in [0.2, 0.25) is 0 Å². The molecule has 3 atom stereocenters. The van der Waals surface area contributed by atoms with Gasteiger partial charge in [-0.15, -0.1) is 0 Å². The van der Waals surface area contributed by atoms with Crippen LogP contribution in [0, 0.1) is 0 Å². The van der Waals surface area contributed by atoms with Gasteiger partial charge in [0.1, 0.15) is 0 Å². The van der Waals surface area contributed by atoms with Crippen LogP contribution < -0.4 is 5.32 Å². The molecule has 0 aliphatic carbocycles. The van der Waals surface area contributed by atoms with Crippen LogP contribution in [-0.4, -0.2) is 29.3 Å². The van der Waals surface area contributed by atoms with Gasteiger partial charge >= 0.3 is 0 Å². The van der Waals surface area contributed by atoms with Crippen LogP contribution in [0.5, 0.6) is 0 Å². The summed E-state index contributed by atoms with van der Waals surface area (Å²) in [6, 6.07) is 9.37. The van der Waals surface area contributed by atoms with Gasteiger partial charge < -0.3 is 15.2 Å². The number of hydrogen-bond donors (Lipinski definition) is 2. The van der Waals surface area contributed by atoms with Crippen molar-refractivity contribution >= 4 is 5.91 Å². The van der Waals surface area contributed by atoms with E-state index in [1.807, 2.05) is 30.3 Å². The summed E-state index contributed by atoms with van der Waals surface area (Å²) in [6.07, 6.45) is -1.11. The number of amides is 1. The molecule has 0 radical (unpaired) electrons. The van der Waals surface area contributed by atoms with Crippen LogP contribution >= 0.6 is 0 Å². The molecular weight excluding hydrogens is 206 g/mol. The molecule has 0 bridgehead atoms. The molecule has 1 aromatic rings. The number of ether oxygens (including phenoxy) is 1. The molecular formula is C12H15NO3. The molecule has 1 unspecified atom stereocenters. The zero-order valence-corrected chi connectivity index (χ0v) is 9.09. The quantitative estimate of drug-likeness (QED) is 0.726. The first-order chi connectivity index (χ1) is 7.68. The molecule has 4 nitrogen and oxygen atoms in total. The molecule has 0 saturated carbocycles. The monoisotopic (exact) mass is 221 g/mol. The van der Waals surface area contributed by atoms with E-state index in [1.54, 1.807) is 6.92 Å². The average Bonchev–Trinajstić information content (AvgIpc) is 2.27. The fraction of sp³-hybridized carbons (Fsp3) is 0.417. The lowest BCUT2D eigenvalue weighted by molar-refractivity contribution is -0.155. The van der Waals surface area contributed by atoms with Gasteiger partial charge in [0.05, 0.1) is 18.8 Å². The van der Waals surface area contributed by atoms with E-state index in [2.05, 4.69) is 5.32 Å². The smallest absolute Gasteiger partial charge is 0.251 e. The van der Waals surface area contributed by atoms with E-state index in [1.165, 1.54) is 0 Å². The summed E-state index contributed by atoms with van der Waals surface area (Å²) in [5.41, 5.74) is 1.02. The molecule has 1 aliphatic heterocycles. The van der Waals surface area contributed by atoms with Crippen molar-refractivity contribution in [3.63, 3.8) is 0 Å². The molecule has 2 N–H and O–H groups in total. The molecule has 0 aromatic heterocycles. The Bertz CT molecular complexity index is 364. The summed E-state index contributed by atoms with van der Waals surface area (Å²) in [4.78, 5) is 11.2. The fourth-order valence-electron chi connectivity index (χ4n) is 1.70. The van der Waals surface area contributed by atoms with Crippen molar-refractivity contribution in [2.75, 3.05) is 0 Å². The number of rotatable bonds is 4. The average molecular weight is 221 g/mol. The minimum atomic E-state index is -0.585. The highest BCUT2D eigenvalue weighted by Crippen LogP contribution is 2.16. The van der Waals surface area contributed by atoms with Gasteiger partial charge in [-0.05, 0) is 12.5 Å². The highest BCUT2D eigenvalue weighted by molar-refractivity contribution is 5.88. The van der Waals surface area contributed by atoms with Crippen molar-refractivity contribution in [3.8, 4) is 0 Å². The number of hydrogen-bond acceptors (Lipinski definition) is 3. The molecule has 1 aliphatic rings. The number of carbonyl (C=O) groups is 1. The number of nitrogens with one attached hydrogen (secondary N) is 1. The minimum absolute atomic E-state index is 0.151. The summed E-state index contributed by atoms with van der Waals surface area (Å²) in [5, 5.41) is 12.0. The summed E-state index contributed by atoms with van der Waals surface area (Å²) < 4.78 is 5.48. The van der Waals surface area contributed by atoms with Crippen LogP contribution in [-0.2, 0) is 16.1 Å². The van der Waals surface area contributed by atoms with Crippen molar-refractivity contribution in [1.29, 1.82) is 0 Å². The van der Waals surface area contributed by atoms with E-state index in [0.717, 1.165) is 5.56 Å². The number of aliphatic hydroxyl groups is 1. The first kappa shape index (κ1) is 11.1. The van der Waals surface area contributed by atoms with E-state index < -0.39 is 12.2 Å². The number of β-lactam (4-membered cyclic amide) rings is 1. The summed E-state index contributed by atoms with van der Waals surface area (Å²) >= 11 is 0. The van der Waals surface area contributed by atoms with Crippen LogP contribution in [0.15, 0.2) is 30.3 Å². The highest BCUT2D eigenvalue weighted by Gasteiger charge is 2.42. The van der Waals surface area contributed by atoms with E-state index in [9.17, 15) is 9.90 Å². The van der Waals surface area contributed by atoms with Crippen LogP contribution in [0.25, 0.3) is 0 Å². The maximum Gasteiger partial charge on any atom is 0.251 e. The molecule has 1 fully saturated rings. The first-order valence-corrected chi connectivity index (χ1v) is 5.32. The molecule has 1 aromatic carbocycles. The van der Waals surface area contributed by atoms with E-state index in [0.29, 0.717) is 6.61 Å². The van der Waals surface area contributed by atoms with Crippen LogP contribution in [0.3, 0.4) is 0 Å². The van der Waals surface area contributed by atoms with Crippen molar-refractivity contribution < 1.29 is 14.6 Å². The van der Waals surface area contributed by atoms with E-state index >= 15 is 0 Å². The Morgan fingerprint density at radius 2 is 2.12 bits per heavy atom. The maximum atomic E-state index is 11.2. The second-order valence-electron chi connectivity index (χ2n) is 3.99. The first-order valence-electron chi connectivity index (χ1n) is 5.32. The Balaban J connectivity index is 1.88. The van der Waals surface area contributed by atoms with Gasteiger partial charge in [-0.2, -0.15) is 0 Å². The summed E-state index contributed by atoms with van der Waals surface area (Å²) in [5.74, 6) is -0.151. The van der Waals surface area contributed by atoms with Gasteiger partial charge in [-0.1, -0.05) is 30.3 Å². The summed E-state index contributed by atoms with van der Waals surface area (Å²) in [6.45, 7) is 2.03. The Hall–Kier alpha value is -1.39. The standard InChI is InChI=1S/C12H15NO3/c1-8(14)10-11(12(15)13-10)16-7-9-5-3-2-4-6-9/h2-6,8,10-11,14H,7H2,1H3,(H,13,15)/t8?,10-,11+/m0/s1. The van der Waals surface area contributed by atoms with Gasteiger partial charge in [0, 0.05) is 0 Å². The molecule has 2 rings (SSSR count).